The van der Waals surface area contributed by atoms with Crippen LogP contribution in [0.3, 0.4) is 0 Å². The topological polar surface area (TPSA) is 65.7 Å². The molecule has 0 unspecified atom stereocenters. The van der Waals surface area contributed by atoms with Crippen molar-refractivity contribution < 1.29 is 9.47 Å². The van der Waals surface area contributed by atoms with Gasteiger partial charge >= 0.3 is 0 Å². The lowest BCUT2D eigenvalue weighted by Gasteiger charge is -2.17. The van der Waals surface area contributed by atoms with Crippen molar-refractivity contribution in [3.63, 3.8) is 0 Å². The third kappa shape index (κ3) is 6.50. The van der Waals surface area contributed by atoms with Gasteiger partial charge < -0.3 is 9.47 Å². The van der Waals surface area contributed by atoms with Crippen LogP contribution < -0.4 is 15.0 Å². The van der Waals surface area contributed by atoms with Crippen LogP contribution in [0, 0.1) is 0 Å². The summed E-state index contributed by atoms with van der Waals surface area (Å²) in [5, 5.41) is 5.71. The number of hydrogen-bond acceptors (Lipinski definition) is 5. The highest BCUT2D eigenvalue weighted by atomic mass is 79.9. The van der Waals surface area contributed by atoms with E-state index in [-0.39, 0.29) is 12.2 Å². The molecule has 4 rings (SSSR count). The van der Waals surface area contributed by atoms with E-state index in [0.717, 1.165) is 22.9 Å². The molecule has 0 spiro atoms. The van der Waals surface area contributed by atoms with Crippen molar-refractivity contribution in [2.45, 2.75) is 39.7 Å². The molecule has 0 aliphatic carbocycles. The number of aromatic nitrogens is 2. The summed E-state index contributed by atoms with van der Waals surface area (Å²) in [5.74, 6) is 1.69. The molecule has 38 heavy (non-hydrogen) atoms. The SMILES string of the molecule is CCCCc1nc2ccc(Br)cc2c(=O)n1N=Cc1cc(OCC)c(OCc2ccccc2Cl)c(Br)c1Br. The van der Waals surface area contributed by atoms with Crippen molar-refractivity contribution in [3.05, 3.63) is 94.3 Å². The van der Waals surface area contributed by atoms with E-state index in [4.69, 9.17) is 26.1 Å². The Morgan fingerprint density at radius 1 is 1.05 bits per heavy atom. The quantitative estimate of drug-likeness (QED) is 0.154. The van der Waals surface area contributed by atoms with Crippen molar-refractivity contribution in [2.24, 2.45) is 5.10 Å². The van der Waals surface area contributed by atoms with Crippen molar-refractivity contribution in [1.82, 2.24) is 9.66 Å². The van der Waals surface area contributed by atoms with Crippen LogP contribution in [0.1, 0.15) is 43.6 Å². The number of unbranched alkanes of at least 4 members (excludes halogenated alkanes) is 1. The summed E-state index contributed by atoms with van der Waals surface area (Å²) in [6.07, 6.45) is 4.13. The van der Waals surface area contributed by atoms with Crippen molar-refractivity contribution in [3.8, 4) is 11.5 Å². The van der Waals surface area contributed by atoms with E-state index in [1.54, 1.807) is 12.3 Å². The first-order valence-corrected chi connectivity index (χ1v) is 14.9. The van der Waals surface area contributed by atoms with Gasteiger partial charge in [0.1, 0.15) is 12.4 Å². The third-order valence-electron chi connectivity index (χ3n) is 5.73. The van der Waals surface area contributed by atoms with Gasteiger partial charge in [0, 0.05) is 31.5 Å². The first kappa shape index (κ1) is 28.8. The van der Waals surface area contributed by atoms with Crippen molar-refractivity contribution in [2.75, 3.05) is 6.61 Å². The van der Waals surface area contributed by atoms with E-state index in [0.29, 0.717) is 60.8 Å². The normalized spacial score (nSPS) is 11.4. The summed E-state index contributed by atoms with van der Waals surface area (Å²) in [6.45, 7) is 4.72. The molecule has 0 saturated heterocycles. The number of fused-ring (bicyclic) bond motifs is 1. The van der Waals surface area contributed by atoms with Gasteiger partial charge in [-0.05, 0) is 75.5 Å². The number of aryl methyl sites for hydroxylation is 1. The average molecular weight is 727 g/mol. The van der Waals surface area contributed by atoms with Crippen LogP contribution in [-0.4, -0.2) is 22.5 Å². The highest BCUT2D eigenvalue weighted by molar-refractivity contribution is 9.13. The third-order valence-corrected chi connectivity index (χ3v) is 8.73. The number of hydrogen-bond donors (Lipinski definition) is 0. The number of halogens is 4. The van der Waals surface area contributed by atoms with E-state index >= 15 is 0 Å². The standard InChI is InChI=1S/C28H25Br3ClN3O3/c1-3-5-10-24-34-22-12-11-19(29)14-20(22)28(36)35(24)33-15-18-13-23(37-4-2)27(26(31)25(18)30)38-16-17-8-6-7-9-21(17)32/h6-9,11-15H,3-5,10,16H2,1-2H3. The fourth-order valence-corrected chi connectivity index (χ4v) is 5.28. The molecule has 0 saturated carbocycles. The lowest BCUT2D eigenvalue weighted by molar-refractivity contribution is 0.267. The molecule has 198 valence electrons. The Balaban J connectivity index is 1.75. The van der Waals surface area contributed by atoms with Gasteiger partial charge in [0.25, 0.3) is 5.56 Å². The minimum Gasteiger partial charge on any atom is -0.490 e. The molecular weight excluding hydrogens is 701 g/mol. The molecule has 0 radical (unpaired) electrons. The number of ether oxygens (including phenoxy) is 2. The molecule has 1 aromatic heterocycles. The van der Waals surface area contributed by atoms with Gasteiger partial charge in [-0.25, -0.2) is 4.98 Å². The Bertz CT molecular complexity index is 1560. The van der Waals surface area contributed by atoms with E-state index in [1.165, 1.54) is 4.68 Å². The second-order valence-corrected chi connectivity index (χ2v) is 11.3. The predicted molar refractivity (Wildman–Crippen MR) is 164 cm³/mol. The Morgan fingerprint density at radius 2 is 1.84 bits per heavy atom. The van der Waals surface area contributed by atoms with Crippen LogP contribution in [0.2, 0.25) is 5.02 Å². The largest absolute Gasteiger partial charge is 0.490 e. The van der Waals surface area contributed by atoms with Gasteiger partial charge in [-0.1, -0.05) is 59.1 Å². The maximum Gasteiger partial charge on any atom is 0.282 e. The fraction of sp³-hybridized carbons (Fsp3) is 0.250. The Morgan fingerprint density at radius 3 is 2.58 bits per heavy atom. The predicted octanol–water partition coefficient (Wildman–Crippen LogP) is 8.54. The van der Waals surface area contributed by atoms with Gasteiger partial charge in [-0.2, -0.15) is 9.78 Å². The van der Waals surface area contributed by atoms with Crippen molar-refractivity contribution in [1.29, 1.82) is 0 Å². The van der Waals surface area contributed by atoms with Crippen LogP contribution in [0.15, 0.2) is 71.8 Å². The molecule has 1 heterocycles. The zero-order chi connectivity index (χ0) is 27.2. The molecule has 0 aliphatic rings. The maximum absolute atomic E-state index is 13.4. The van der Waals surface area contributed by atoms with Crippen LogP contribution in [0.25, 0.3) is 10.9 Å². The molecule has 0 N–H and O–H groups in total. The lowest BCUT2D eigenvalue weighted by Crippen LogP contribution is -2.22. The minimum atomic E-state index is -0.224. The smallest absolute Gasteiger partial charge is 0.282 e. The molecule has 4 aromatic rings. The second kappa shape index (κ2) is 13.2. The maximum atomic E-state index is 13.4. The Hall–Kier alpha value is -2.20. The van der Waals surface area contributed by atoms with Crippen LogP contribution in [-0.2, 0) is 13.0 Å². The van der Waals surface area contributed by atoms with Gasteiger partial charge in [0.05, 0.1) is 28.2 Å². The molecular formula is C28H25Br3ClN3O3. The number of rotatable bonds is 10. The van der Waals surface area contributed by atoms with E-state index < -0.39 is 0 Å². The van der Waals surface area contributed by atoms with Gasteiger partial charge in [0.15, 0.2) is 11.5 Å². The van der Waals surface area contributed by atoms with Gasteiger partial charge in [-0.3, -0.25) is 4.79 Å². The highest BCUT2D eigenvalue weighted by Gasteiger charge is 2.18. The zero-order valence-electron chi connectivity index (χ0n) is 20.8. The highest BCUT2D eigenvalue weighted by Crippen LogP contribution is 2.43. The first-order valence-electron chi connectivity index (χ1n) is 12.1. The van der Waals surface area contributed by atoms with E-state index in [1.807, 2.05) is 49.4 Å². The van der Waals surface area contributed by atoms with E-state index in [2.05, 4.69) is 59.8 Å². The van der Waals surface area contributed by atoms with E-state index in [9.17, 15) is 4.79 Å². The molecule has 3 aromatic carbocycles. The molecule has 0 atom stereocenters. The molecule has 0 aliphatic heterocycles. The Labute approximate surface area is 251 Å². The van der Waals surface area contributed by atoms with Crippen LogP contribution >= 0.6 is 59.4 Å². The monoisotopic (exact) mass is 723 g/mol. The molecule has 0 fully saturated rings. The summed E-state index contributed by atoms with van der Waals surface area (Å²) in [5.41, 5.74) is 1.99. The average Bonchev–Trinajstić information content (AvgIpc) is 2.90. The number of benzene rings is 3. The summed E-state index contributed by atoms with van der Waals surface area (Å²) >= 11 is 17.0. The van der Waals surface area contributed by atoms with Crippen LogP contribution in [0.4, 0.5) is 0 Å². The zero-order valence-corrected chi connectivity index (χ0v) is 26.3. The number of nitrogens with zero attached hydrogens (tertiary/aromatic N) is 3. The second-order valence-electron chi connectivity index (χ2n) is 8.39. The van der Waals surface area contributed by atoms with Gasteiger partial charge in [-0.15, -0.1) is 0 Å². The molecule has 0 amide bonds. The summed E-state index contributed by atoms with van der Waals surface area (Å²) in [7, 11) is 0. The Kier molecular flexibility index (Phi) is 10.0. The first-order chi connectivity index (χ1) is 18.3. The van der Waals surface area contributed by atoms with Crippen LogP contribution in [0.5, 0.6) is 11.5 Å². The molecule has 10 heteroatoms. The molecule has 6 nitrogen and oxygen atoms in total. The molecule has 0 bridgehead atoms. The van der Waals surface area contributed by atoms with Crippen molar-refractivity contribution >= 4 is 76.5 Å². The minimum absolute atomic E-state index is 0.224. The summed E-state index contributed by atoms with van der Waals surface area (Å²) in [6, 6.07) is 14.8. The lowest BCUT2D eigenvalue weighted by atomic mass is 10.2. The van der Waals surface area contributed by atoms with Gasteiger partial charge in [0.2, 0.25) is 0 Å². The summed E-state index contributed by atoms with van der Waals surface area (Å²) in [4.78, 5) is 18.2. The summed E-state index contributed by atoms with van der Waals surface area (Å²) < 4.78 is 15.6. The fourth-order valence-electron chi connectivity index (χ4n) is 3.79.